The Kier molecular flexibility index (Phi) is 2.36. The second kappa shape index (κ2) is 3.28. The summed E-state index contributed by atoms with van der Waals surface area (Å²) in [7, 11) is 0. The Morgan fingerprint density at radius 1 is 1.14 bits per heavy atom. The molecular formula is C12H14S2. The highest BCUT2D eigenvalue weighted by molar-refractivity contribution is 7.80. The molecule has 1 heterocycles. The van der Waals surface area contributed by atoms with Crippen LogP contribution in [0.5, 0.6) is 0 Å². The Labute approximate surface area is 94.4 Å². The monoisotopic (exact) mass is 222 g/mol. The maximum atomic E-state index is 4.62. The van der Waals surface area contributed by atoms with E-state index in [2.05, 4.69) is 57.7 Å². The highest BCUT2D eigenvalue weighted by Crippen LogP contribution is 2.40. The number of thiophene rings is 1. The third-order valence-corrected chi connectivity index (χ3v) is 4.46. The molecule has 0 saturated carbocycles. The van der Waals surface area contributed by atoms with Crippen molar-refractivity contribution < 1.29 is 0 Å². The van der Waals surface area contributed by atoms with Gasteiger partial charge in [-0.25, -0.2) is 0 Å². The van der Waals surface area contributed by atoms with Crippen LogP contribution in [0.1, 0.15) is 25.6 Å². The van der Waals surface area contributed by atoms with Crippen LogP contribution in [0.4, 0.5) is 0 Å². The molecule has 0 nitrogen and oxygen atoms in total. The van der Waals surface area contributed by atoms with Crippen molar-refractivity contribution in [2.24, 2.45) is 0 Å². The standard InChI is InChI=1S/C12H14S2/c1-12(2,3)11-10(13)8-6-4-5-7-9(8)14-11/h4-7,13H,1-3H3. The van der Waals surface area contributed by atoms with Crippen molar-refractivity contribution in [2.75, 3.05) is 0 Å². The van der Waals surface area contributed by atoms with E-state index >= 15 is 0 Å². The molecule has 0 saturated heterocycles. The van der Waals surface area contributed by atoms with E-state index < -0.39 is 0 Å². The van der Waals surface area contributed by atoms with E-state index in [1.54, 1.807) is 0 Å². The van der Waals surface area contributed by atoms with Crippen molar-refractivity contribution in [2.45, 2.75) is 31.1 Å². The zero-order valence-electron chi connectivity index (χ0n) is 8.66. The average Bonchev–Trinajstić information content (AvgIpc) is 2.44. The van der Waals surface area contributed by atoms with Gasteiger partial charge in [-0.05, 0) is 11.5 Å². The van der Waals surface area contributed by atoms with Crippen LogP contribution in [0.2, 0.25) is 0 Å². The van der Waals surface area contributed by atoms with Crippen molar-refractivity contribution in [3.8, 4) is 0 Å². The summed E-state index contributed by atoms with van der Waals surface area (Å²) in [4.78, 5) is 2.53. The fourth-order valence-corrected chi connectivity index (χ4v) is 3.44. The van der Waals surface area contributed by atoms with E-state index in [9.17, 15) is 0 Å². The molecule has 2 rings (SSSR count). The average molecular weight is 222 g/mol. The predicted molar refractivity (Wildman–Crippen MR) is 67.8 cm³/mol. The molecule has 0 N–H and O–H groups in total. The lowest BCUT2D eigenvalue weighted by atomic mass is 9.94. The molecule has 0 unspecified atom stereocenters. The minimum Gasteiger partial charge on any atom is -0.142 e. The first-order valence-corrected chi connectivity index (χ1v) is 5.97. The van der Waals surface area contributed by atoms with E-state index in [1.165, 1.54) is 15.0 Å². The van der Waals surface area contributed by atoms with Crippen molar-refractivity contribution in [3.05, 3.63) is 29.1 Å². The summed E-state index contributed by atoms with van der Waals surface area (Å²) in [5, 5.41) is 1.28. The van der Waals surface area contributed by atoms with Gasteiger partial charge in [0.15, 0.2) is 0 Å². The van der Waals surface area contributed by atoms with Crippen molar-refractivity contribution in [3.63, 3.8) is 0 Å². The van der Waals surface area contributed by atoms with Gasteiger partial charge < -0.3 is 0 Å². The molecule has 0 aliphatic carbocycles. The van der Waals surface area contributed by atoms with Crippen LogP contribution >= 0.6 is 24.0 Å². The molecule has 0 fully saturated rings. The van der Waals surface area contributed by atoms with Gasteiger partial charge in [0.2, 0.25) is 0 Å². The molecule has 0 bridgehead atoms. The minimum absolute atomic E-state index is 0.195. The Morgan fingerprint density at radius 2 is 1.79 bits per heavy atom. The molecule has 0 aliphatic rings. The summed E-state index contributed by atoms with van der Waals surface area (Å²) in [5.41, 5.74) is 0.195. The van der Waals surface area contributed by atoms with Gasteiger partial charge in [0.05, 0.1) is 0 Å². The van der Waals surface area contributed by atoms with Crippen LogP contribution in [0.25, 0.3) is 10.1 Å². The van der Waals surface area contributed by atoms with Crippen LogP contribution in [0.3, 0.4) is 0 Å². The Balaban J connectivity index is 2.75. The molecule has 0 amide bonds. The summed E-state index contributed by atoms with van der Waals surface area (Å²) in [6, 6.07) is 8.46. The number of benzene rings is 1. The zero-order chi connectivity index (χ0) is 10.3. The molecule has 2 heteroatoms. The molecular weight excluding hydrogens is 208 g/mol. The quantitative estimate of drug-likeness (QED) is 0.624. The summed E-state index contributed by atoms with van der Waals surface area (Å²) >= 11 is 6.47. The van der Waals surface area contributed by atoms with Crippen molar-refractivity contribution >= 4 is 34.1 Å². The first kappa shape index (κ1) is 10.1. The second-order valence-electron chi connectivity index (χ2n) is 4.53. The second-order valence-corrected chi connectivity index (χ2v) is 6.03. The van der Waals surface area contributed by atoms with Gasteiger partial charge in [0.1, 0.15) is 0 Å². The molecule has 0 spiro atoms. The molecule has 74 valence electrons. The summed E-state index contributed by atoms with van der Waals surface area (Å²) in [5.74, 6) is 0. The first-order chi connectivity index (χ1) is 6.50. The number of fused-ring (bicyclic) bond motifs is 1. The van der Waals surface area contributed by atoms with Crippen LogP contribution in [-0.2, 0) is 5.41 Å². The van der Waals surface area contributed by atoms with Gasteiger partial charge in [-0.15, -0.1) is 24.0 Å². The van der Waals surface area contributed by atoms with Crippen LogP contribution < -0.4 is 0 Å². The third-order valence-electron chi connectivity index (χ3n) is 2.25. The molecule has 2 aromatic rings. The van der Waals surface area contributed by atoms with Crippen molar-refractivity contribution in [1.29, 1.82) is 0 Å². The number of rotatable bonds is 0. The molecule has 1 aromatic heterocycles. The van der Waals surface area contributed by atoms with Gasteiger partial charge in [0, 0.05) is 19.9 Å². The first-order valence-electron chi connectivity index (χ1n) is 4.71. The van der Waals surface area contributed by atoms with Crippen LogP contribution in [0, 0.1) is 0 Å². The molecule has 0 aliphatic heterocycles. The third kappa shape index (κ3) is 1.57. The highest BCUT2D eigenvalue weighted by Gasteiger charge is 2.20. The van der Waals surface area contributed by atoms with Gasteiger partial charge in [0.25, 0.3) is 0 Å². The molecule has 14 heavy (non-hydrogen) atoms. The maximum Gasteiger partial charge on any atom is 0.0357 e. The Bertz CT molecular complexity index is 461. The molecule has 1 aromatic carbocycles. The van der Waals surface area contributed by atoms with E-state index in [-0.39, 0.29) is 5.41 Å². The molecule has 0 atom stereocenters. The van der Waals surface area contributed by atoms with Crippen molar-refractivity contribution in [1.82, 2.24) is 0 Å². The largest absolute Gasteiger partial charge is 0.142 e. The number of hydrogen-bond donors (Lipinski definition) is 1. The normalized spacial score (nSPS) is 12.3. The summed E-state index contributed by atoms with van der Waals surface area (Å²) in [6.45, 7) is 6.70. The van der Waals surface area contributed by atoms with Gasteiger partial charge in [-0.3, -0.25) is 0 Å². The van der Waals surface area contributed by atoms with Crippen LogP contribution in [-0.4, -0.2) is 0 Å². The van der Waals surface area contributed by atoms with E-state index in [1.807, 2.05) is 11.3 Å². The topological polar surface area (TPSA) is 0 Å². The summed E-state index contributed by atoms with van der Waals surface area (Å²) in [6.07, 6.45) is 0. The SMILES string of the molecule is CC(C)(C)c1sc2ccccc2c1S. The minimum atomic E-state index is 0.195. The predicted octanol–water partition coefficient (Wildman–Crippen LogP) is 4.49. The smallest absolute Gasteiger partial charge is 0.0357 e. The number of hydrogen-bond acceptors (Lipinski definition) is 2. The van der Waals surface area contributed by atoms with E-state index in [0.29, 0.717) is 0 Å². The maximum absolute atomic E-state index is 4.62. The van der Waals surface area contributed by atoms with E-state index in [4.69, 9.17) is 0 Å². The fraction of sp³-hybridized carbons (Fsp3) is 0.333. The van der Waals surface area contributed by atoms with E-state index in [0.717, 1.165) is 4.90 Å². The lowest BCUT2D eigenvalue weighted by molar-refractivity contribution is 0.594. The highest BCUT2D eigenvalue weighted by atomic mass is 32.1. The molecule has 0 radical (unpaired) electrons. The lowest BCUT2D eigenvalue weighted by Crippen LogP contribution is -2.08. The Hall–Kier alpha value is -0.470. The summed E-state index contributed by atoms with van der Waals surface area (Å²) < 4.78 is 1.34. The number of thiol groups is 1. The van der Waals surface area contributed by atoms with Gasteiger partial charge in [-0.1, -0.05) is 39.0 Å². The fourth-order valence-electron chi connectivity index (χ4n) is 1.54. The van der Waals surface area contributed by atoms with Crippen LogP contribution in [0.15, 0.2) is 29.2 Å². The Morgan fingerprint density at radius 3 is 2.36 bits per heavy atom. The van der Waals surface area contributed by atoms with Gasteiger partial charge >= 0.3 is 0 Å². The van der Waals surface area contributed by atoms with Gasteiger partial charge in [-0.2, -0.15) is 0 Å². The lowest BCUT2D eigenvalue weighted by Gasteiger charge is -2.16. The zero-order valence-corrected chi connectivity index (χ0v) is 10.4.